The Morgan fingerprint density at radius 3 is 2.39 bits per heavy atom. The van der Waals surface area contributed by atoms with Crippen LogP contribution in [0.25, 0.3) is 0 Å². The molecule has 6 heteroatoms. The fourth-order valence-corrected chi connectivity index (χ4v) is 2.00. The zero-order valence-electron chi connectivity index (χ0n) is 9.37. The molecule has 18 heavy (non-hydrogen) atoms. The first-order chi connectivity index (χ1) is 8.50. The molecule has 94 valence electrons. The number of hydrogen-bond donors (Lipinski definition) is 2. The molecule has 1 saturated heterocycles. The summed E-state index contributed by atoms with van der Waals surface area (Å²) in [5, 5.41) is 18.0. The molecule has 1 aromatic carbocycles. The lowest BCUT2D eigenvalue weighted by atomic mass is 9.89. The molecule has 2 rings (SSSR count). The largest absolute Gasteiger partial charge is 0.508 e. The van der Waals surface area contributed by atoms with E-state index in [1.54, 1.807) is 12.1 Å². The average molecular weight is 249 g/mol. The third kappa shape index (κ3) is 2.04. The van der Waals surface area contributed by atoms with E-state index in [0.717, 1.165) is 0 Å². The maximum atomic E-state index is 11.9. The van der Waals surface area contributed by atoms with Gasteiger partial charge in [-0.2, -0.15) is 4.90 Å². The van der Waals surface area contributed by atoms with Crippen LogP contribution in [0.4, 0.5) is 4.79 Å². The molecule has 0 aromatic heterocycles. The van der Waals surface area contributed by atoms with Crippen LogP contribution in [0, 0.1) is 0 Å². The maximum absolute atomic E-state index is 11.9. The number of likely N-dealkylation sites (tertiary alicyclic amines) is 1. The van der Waals surface area contributed by atoms with Gasteiger partial charge in [0.1, 0.15) is 5.75 Å². The highest BCUT2D eigenvalue weighted by Crippen LogP contribution is 2.29. The van der Waals surface area contributed by atoms with Crippen molar-refractivity contribution in [3.8, 4) is 5.75 Å². The Kier molecular flexibility index (Phi) is 3.01. The highest BCUT2D eigenvalue weighted by Gasteiger charge is 2.39. The van der Waals surface area contributed by atoms with E-state index >= 15 is 0 Å². The van der Waals surface area contributed by atoms with E-state index in [1.165, 1.54) is 12.1 Å². The quantitative estimate of drug-likeness (QED) is 0.731. The number of carbonyl (C=O) groups is 3. The highest BCUT2D eigenvalue weighted by molar-refractivity contribution is 6.11. The molecule has 0 saturated carbocycles. The zero-order chi connectivity index (χ0) is 13.3. The molecule has 1 aliphatic heterocycles. The topological polar surface area (TPSA) is 94.9 Å². The van der Waals surface area contributed by atoms with Gasteiger partial charge in [-0.1, -0.05) is 12.1 Å². The lowest BCUT2D eigenvalue weighted by molar-refractivity contribution is -0.146. The van der Waals surface area contributed by atoms with Crippen molar-refractivity contribution in [1.82, 2.24) is 4.90 Å². The van der Waals surface area contributed by atoms with Gasteiger partial charge in [0.2, 0.25) is 11.8 Å². The summed E-state index contributed by atoms with van der Waals surface area (Å²) in [6, 6.07) is 5.94. The van der Waals surface area contributed by atoms with Crippen molar-refractivity contribution in [1.29, 1.82) is 0 Å². The minimum Gasteiger partial charge on any atom is -0.508 e. The van der Waals surface area contributed by atoms with Crippen LogP contribution in [0.15, 0.2) is 24.3 Å². The molecule has 1 aliphatic rings. The maximum Gasteiger partial charge on any atom is 0.421 e. The van der Waals surface area contributed by atoms with E-state index in [1.807, 2.05) is 0 Å². The third-order valence-corrected chi connectivity index (χ3v) is 2.90. The van der Waals surface area contributed by atoms with Crippen molar-refractivity contribution in [3.63, 3.8) is 0 Å². The SMILES string of the molecule is O=C(O)N1C(=O)CCC(c2ccc(O)cc2)C1=O. The molecule has 1 unspecified atom stereocenters. The Balaban J connectivity index is 2.30. The molecule has 6 nitrogen and oxygen atoms in total. The summed E-state index contributed by atoms with van der Waals surface area (Å²) in [5.74, 6) is -2.01. The van der Waals surface area contributed by atoms with Crippen LogP contribution in [0.3, 0.4) is 0 Å². The number of piperidine rings is 1. The Morgan fingerprint density at radius 1 is 1.22 bits per heavy atom. The van der Waals surface area contributed by atoms with Gasteiger partial charge in [-0.25, -0.2) is 4.79 Å². The molecule has 0 aliphatic carbocycles. The van der Waals surface area contributed by atoms with E-state index in [9.17, 15) is 14.4 Å². The van der Waals surface area contributed by atoms with E-state index in [-0.39, 0.29) is 23.5 Å². The predicted octanol–water partition coefficient (Wildman–Crippen LogP) is 1.30. The predicted molar refractivity (Wildman–Crippen MR) is 60.0 cm³/mol. The first kappa shape index (κ1) is 12.1. The van der Waals surface area contributed by atoms with Crippen LogP contribution in [0.1, 0.15) is 24.3 Å². The monoisotopic (exact) mass is 249 g/mol. The number of carboxylic acid groups (broad SMARTS) is 1. The van der Waals surface area contributed by atoms with Crippen LogP contribution in [0.5, 0.6) is 5.75 Å². The molecule has 0 radical (unpaired) electrons. The van der Waals surface area contributed by atoms with E-state index in [0.29, 0.717) is 5.56 Å². The summed E-state index contributed by atoms with van der Waals surface area (Å²) < 4.78 is 0. The number of hydrogen-bond acceptors (Lipinski definition) is 4. The first-order valence-corrected chi connectivity index (χ1v) is 5.39. The summed E-state index contributed by atoms with van der Waals surface area (Å²) in [6.45, 7) is 0. The second kappa shape index (κ2) is 4.48. The lowest BCUT2D eigenvalue weighted by Gasteiger charge is -2.27. The van der Waals surface area contributed by atoms with Crippen LogP contribution in [0.2, 0.25) is 0 Å². The molecule has 1 heterocycles. The minimum absolute atomic E-state index is 0.0174. The fraction of sp³-hybridized carbons (Fsp3) is 0.250. The second-order valence-electron chi connectivity index (χ2n) is 4.03. The Labute approximate surface area is 102 Å². The van der Waals surface area contributed by atoms with E-state index in [2.05, 4.69) is 0 Å². The van der Waals surface area contributed by atoms with Gasteiger partial charge in [0.25, 0.3) is 0 Å². The van der Waals surface area contributed by atoms with Crippen LogP contribution in [-0.2, 0) is 9.59 Å². The number of phenolic OH excluding ortho intramolecular Hbond substituents is 1. The molecule has 1 aromatic rings. The summed E-state index contributed by atoms with van der Waals surface area (Å²) in [6.07, 6.45) is -1.25. The highest BCUT2D eigenvalue weighted by atomic mass is 16.4. The van der Waals surface area contributed by atoms with Gasteiger partial charge >= 0.3 is 6.09 Å². The molecule has 0 bridgehead atoms. The Bertz CT molecular complexity index is 508. The molecule has 1 fully saturated rings. The number of carbonyl (C=O) groups excluding carboxylic acids is 2. The number of benzene rings is 1. The summed E-state index contributed by atoms with van der Waals surface area (Å²) in [4.78, 5) is 34.4. The average Bonchev–Trinajstić information content (AvgIpc) is 2.30. The fourth-order valence-electron chi connectivity index (χ4n) is 2.00. The van der Waals surface area contributed by atoms with E-state index < -0.39 is 23.8 Å². The van der Waals surface area contributed by atoms with Gasteiger partial charge in [0.15, 0.2) is 0 Å². The Morgan fingerprint density at radius 2 is 1.83 bits per heavy atom. The second-order valence-corrected chi connectivity index (χ2v) is 4.03. The molecule has 2 N–H and O–H groups in total. The van der Waals surface area contributed by atoms with Crippen molar-refractivity contribution in [2.45, 2.75) is 18.8 Å². The van der Waals surface area contributed by atoms with Gasteiger partial charge < -0.3 is 10.2 Å². The number of nitrogens with zero attached hydrogens (tertiary/aromatic N) is 1. The Hall–Kier alpha value is -2.37. The van der Waals surface area contributed by atoms with Crippen molar-refractivity contribution >= 4 is 17.9 Å². The van der Waals surface area contributed by atoms with Gasteiger partial charge in [0.05, 0.1) is 5.92 Å². The van der Waals surface area contributed by atoms with Gasteiger partial charge in [-0.3, -0.25) is 9.59 Å². The molecular formula is C12H11NO5. The van der Waals surface area contributed by atoms with Crippen LogP contribution >= 0.6 is 0 Å². The van der Waals surface area contributed by atoms with Gasteiger partial charge in [0, 0.05) is 6.42 Å². The first-order valence-electron chi connectivity index (χ1n) is 5.39. The molecule has 0 spiro atoms. The normalized spacial score (nSPS) is 20.0. The summed E-state index contributed by atoms with van der Waals surface area (Å²) in [7, 11) is 0. The number of rotatable bonds is 1. The minimum atomic E-state index is -1.55. The number of phenols is 1. The van der Waals surface area contributed by atoms with Crippen molar-refractivity contribution in [3.05, 3.63) is 29.8 Å². The molecule has 1 atom stereocenters. The molecule has 3 amide bonds. The number of amides is 3. The zero-order valence-corrected chi connectivity index (χ0v) is 9.37. The van der Waals surface area contributed by atoms with E-state index in [4.69, 9.17) is 10.2 Å². The summed E-state index contributed by atoms with van der Waals surface area (Å²) >= 11 is 0. The lowest BCUT2D eigenvalue weighted by Crippen LogP contribution is -2.47. The molecular weight excluding hydrogens is 238 g/mol. The van der Waals surface area contributed by atoms with Crippen molar-refractivity contribution in [2.24, 2.45) is 0 Å². The smallest absolute Gasteiger partial charge is 0.421 e. The van der Waals surface area contributed by atoms with Crippen LogP contribution in [-0.4, -0.2) is 33.0 Å². The number of aromatic hydroxyl groups is 1. The van der Waals surface area contributed by atoms with Crippen LogP contribution < -0.4 is 0 Å². The van der Waals surface area contributed by atoms with Crippen molar-refractivity contribution in [2.75, 3.05) is 0 Å². The number of imide groups is 3. The third-order valence-electron chi connectivity index (χ3n) is 2.90. The summed E-state index contributed by atoms with van der Waals surface area (Å²) in [5.41, 5.74) is 0.594. The van der Waals surface area contributed by atoms with Gasteiger partial charge in [-0.05, 0) is 24.1 Å². The standard InChI is InChI=1S/C12H11NO5/c14-8-3-1-7(2-4-8)9-5-6-10(15)13(11(9)16)12(17)18/h1-4,9,14H,5-6H2,(H,17,18). The van der Waals surface area contributed by atoms with Gasteiger partial charge in [-0.15, -0.1) is 0 Å². The van der Waals surface area contributed by atoms with Crippen molar-refractivity contribution < 1.29 is 24.6 Å².